The summed E-state index contributed by atoms with van der Waals surface area (Å²) in [5.74, 6) is -0.369. The molecule has 0 atom stereocenters. The van der Waals surface area contributed by atoms with Crippen LogP contribution in [0, 0.1) is 34.6 Å². The highest BCUT2D eigenvalue weighted by atomic mass is 16.5. The van der Waals surface area contributed by atoms with Crippen LogP contribution in [-0.4, -0.2) is 29.7 Å². The third-order valence-electron chi connectivity index (χ3n) is 4.60. The van der Waals surface area contributed by atoms with Gasteiger partial charge in [0.15, 0.2) is 0 Å². The summed E-state index contributed by atoms with van der Waals surface area (Å²) in [6.07, 6.45) is 1.66. The number of methoxy groups -OCH3 is 1. The minimum atomic E-state index is -0.369. The molecule has 5 nitrogen and oxygen atoms in total. The second-order valence-corrected chi connectivity index (χ2v) is 6.00. The monoisotopic (exact) mass is 358 g/mol. The molecule has 0 saturated carbocycles. The van der Waals surface area contributed by atoms with Crippen molar-refractivity contribution in [3.63, 3.8) is 0 Å². The van der Waals surface area contributed by atoms with Gasteiger partial charge in [-0.3, -0.25) is 0 Å². The van der Waals surface area contributed by atoms with Gasteiger partial charge in [0.05, 0.1) is 18.3 Å². The number of carbonyl (C=O) groups is 1. The van der Waals surface area contributed by atoms with Gasteiger partial charge in [-0.2, -0.15) is 9.97 Å². The molecule has 142 valence electrons. The van der Waals surface area contributed by atoms with Crippen molar-refractivity contribution < 1.29 is 14.3 Å². The minimum absolute atomic E-state index is 0.217. The first-order valence-corrected chi connectivity index (χ1v) is 8.90. The van der Waals surface area contributed by atoms with E-state index in [-0.39, 0.29) is 12.6 Å². The van der Waals surface area contributed by atoms with Crippen molar-refractivity contribution in [2.75, 3.05) is 13.7 Å². The number of aromatic nitrogens is 2. The predicted molar refractivity (Wildman–Crippen MR) is 106 cm³/mol. The molecule has 1 aromatic carbocycles. The molecule has 0 fully saturated rings. The lowest BCUT2D eigenvalue weighted by Gasteiger charge is -2.15. The molecule has 0 spiro atoms. The van der Waals surface area contributed by atoms with Crippen LogP contribution < -0.4 is 4.74 Å². The molecule has 0 amide bonds. The number of hydrogen-bond acceptors (Lipinski definition) is 5. The molecule has 0 bridgehead atoms. The van der Waals surface area contributed by atoms with E-state index in [1.165, 1.54) is 23.8 Å². The van der Waals surface area contributed by atoms with E-state index in [2.05, 4.69) is 42.4 Å². The summed E-state index contributed by atoms with van der Waals surface area (Å²) >= 11 is 0. The molecule has 5 heteroatoms. The number of carbonyl (C=O) groups excluding carboxylic acids is 1. The maximum atomic E-state index is 11.4. The van der Waals surface area contributed by atoms with Crippen molar-refractivity contribution in [3.05, 3.63) is 39.6 Å². The number of benzene rings is 1. The first-order valence-electron chi connectivity index (χ1n) is 8.90. The summed E-state index contributed by atoms with van der Waals surface area (Å²) in [5, 5.41) is 1.09. The number of ether oxygens (including phenoxy) is 2. The van der Waals surface area contributed by atoms with Crippen LogP contribution in [0.15, 0.2) is 11.6 Å². The van der Waals surface area contributed by atoms with Crippen LogP contribution in [0.3, 0.4) is 0 Å². The number of hydrogen-bond donors (Lipinski definition) is 0. The molecule has 0 aliphatic carbocycles. The Morgan fingerprint density at radius 3 is 2.12 bits per heavy atom. The summed E-state index contributed by atoms with van der Waals surface area (Å²) in [5.41, 5.74) is 7.18. The zero-order chi connectivity index (χ0) is 20.0. The van der Waals surface area contributed by atoms with E-state index in [4.69, 9.17) is 4.74 Å². The Morgan fingerprint density at radius 2 is 1.54 bits per heavy atom. The lowest BCUT2D eigenvalue weighted by atomic mass is 9.94. The Kier molecular flexibility index (Phi) is 7.75. The van der Waals surface area contributed by atoms with E-state index in [0.29, 0.717) is 11.6 Å². The summed E-state index contributed by atoms with van der Waals surface area (Å²) in [7, 11) is 1.35. The zero-order valence-corrected chi connectivity index (χ0v) is 17.4. The fourth-order valence-corrected chi connectivity index (χ4v) is 2.75. The molecule has 0 N–H and O–H groups in total. The van der Waals surface area contributed by atoms with Crippen LogP contribution in [0.4, 0.5) is 0 Å². The maximum absolute atomic E-state index is 11.4. The first kappa shape index (κ1) is 21.6. The van der Waals surface area contributed by atoms with Crippen LogP contribution in [0.1, 0.15) is 48.7 Å². The zero-order valence-electron chi connectivity index (χ0n) is 17.4. The number of fused-ring (bicyclic) bond motifs is 1. The van der Waals surface area contributed by atoms with E-state index in [0.717, 1.165) is 22.2 Å². The molecule has 2 rings (SSSR count). The number of aryl methyl sites for hydroxylation is 3. The summed E-state index contributed by atoms with van der Waals surface area (Å²) in [6.45, 7) is 16.3. The normalized spacial score (nSPS) is 11.0. The second kappa shape index (κ2) is 9.32. The fraction of sp³-hybridized carbons (Fsp3) is 0.476. The minimum Gasteiger partial charge on any atom is -0.466 e. The van der Waals surface area contributed by atoms with Gasteiger partial charge < -0.3 is 9.47 Å². The van der Waals surface area contributed by atoms with E-state index in [9.17, 15) is 4.79 Å². The molecule has 0 aliphatic rings. The van der Waals surface area contributed by atoms with E-state index >= 15 is 0 Å². The third-order valence-corrected chi connectivity index (χ3v) is 4.60. The molecular formula is C21H30N2O3. The standard InChI is InChI=1S/C19H24N2O3.C2H6/c1-10(18(22)23-7)8-9-24-19-20-15(6)16-13(4)11(2)12(3)14(5)17(16)21-19;1-2/h8H,9H2,1-7H3;1-2H3/b10-8+;. The molecule has 0 saturated heterocycles. The van der Waals surface area contributed by atoms with Gasteiger partial charge in [0.25, 0.3) is 0 Å². The summed E-state index contributed by atoms with van der Waals surface area (Å²) in [6, 6.07) is 0.319. The summed E-state index contributed by atoms with van der Waals surface area (Å²) in [4.78, 5) is 20.4. The SMILES string of the molecule is CC.COC(=O)/C(C)=C/COc1nc(C)c2c(C)c(C)c(C)c(C)c2n1. The Labute approximate surface area is 156 Å². The van der Waals surface area contributed by atoms with E-state index < -0.39 is 0 Å². The second-order valence-electron chi connectivity index (χ2n) is 6.00. The molecule has 26 heavy (non-hydrogen) atoms. The average molecular weight is 358 g/mol. The lowest BCUT2D eigenvalue weighted by Crippen LogP contribution is -2.06. The van der Waals surface area contributed by atoms with Crippen LogP contribution >= 0.6 is 0 Å². The topological polar surface area (TPSA) is 61.3 Å². The molecule has 0 radical (unpaired) electrons. The van der Waals surface area contributed by atoms with Gasteiger partial charge in [-0.1, -0.05) is 13.8 Å². The highest BCUT2D eigenvalue weighted by Gasteiger charge is 2.14. The number of esters is 1. The van der Waals surface area contributed by atoms with Gasteiger partial charge in [0, 0.05) is 11.0 Å². The van der Waals surface area contributed by atoms with Gasteiger partial charge >= 0.3 is 12.0 Å². The van der Waals surface area contributed by atoms with Gasteiger partial charge in [0.1, 0.15) is 6.61 Å². The van der Waals surface area contributed by atoms with Gasteiger partial charge in [0.2, 0.25) is 0 Å². The van der Waals surface area contributed by atoms with Crippen molar-refractivity contribution in [2.24, 2.45) is 0 Å². The Balaban J connectivity index is 0.00000163. The van der Waals surface area contributed by atoms with Crippen LogP contribution in [-0.2, 0) is 9.53 Å². The Bertz CT molecular complexity index is 839. The first-order chi connectivity index (χ1) is 12.3. The lowest BCUT2D eigenvalue weighted by molar-refractivity contribution is -0.136. The summed E-state index contributed by atoms with van der Waals surface area (Å²) < 4.78 is 10.3. The molecule has 1 aromatic heterocycles. The van der Waals surface area contributed by atoms with Crippen molar-refractivity contribution >= 4 is 16.9 Å². The smallest absolute Gasteiger partial charge is 0.333 e. The molecule has 0 unspecified atom stereocenters. The van der Waals surface area contributed by atoms with Gasteiger partial charge in [-0.25, -0.2) is 4.79 Å². The van der Waals surface area contributed by atoms with Gasteiger partial charge in [-0.05, 0) is 69.9 Å². The number of rotatable bonds is 4. The number of nitrogens with zero attached hydrogens (tertiary/aromatic N) is 2. The quantitative estimate of drug-likeness (QED) is 0.586. The molecular weight excluding hydrogens is 328 g/mol. The van der Waals surface area contributed by atoms with Crippen LogP contribution in [0.2, 0.25) is 0 Å². The maximum Gasteiger partial charge on any atom is 0.333 e. The fourth-order valence-electron chi connectivity index (χ4n) is 2.75. The van der Waals surface area contributed by atoms with Crippen LogP contribution in [0.25, 0.3) is 10.9 Å². The average Bonchev–Trinajstić information content (AvgIpc) is 2.64. The molecule has 1 heterocycles. The highest BCUT2D eigenvalue weighted by molar-refractivity contribution is 5.89. The largest absolute Gasteiger partial charge is 0.466 e. The van der Waals surface area contributed by atoms with Crippen molar-refractivity contribution in [2.45, 2.75) is 55.4 Å². The highest BCUT2D eigenvalue weighted by Crippen LogP contribution is 2.30. The predicted octanol–water partition coefficient (Wildman–Crippen LogP) is 4.70. The van der Waals surface area contributed by atoms with Crippen molar-refractivity contribution in [1.82, 2.24) is 9.97 Å². The molecule has 2 aromatic rings. The van der Waals surface area contributed by atoms with Crippen LogP contribution in [0.5, 0.6) is 6.01 Å². The van der Waals surface area contributed by atoms with E-state index in [1.54, 1.807) is 13.0 Å². The Morgan fingerprint density at radius 1 is 0.962 bits per heavy atom. The van der Waals surface area contributed by atoms with Crippen molar-refractivity contribution in [3.8, 4) is 6.01 Å². The van der Waals surface area contributed by atoms with E-state index in [1.807, 2.05) is 20.8 Å². The third kappa shape index (κ3) is 4.40. The van der Waals surface area contributed by atoms with Crippen molar-refractivity contribution in [1.29, 1.82) is 0 Å². The van der Waals surface area contributed by atoms with Gasteiger partial charge in [-0.15, -0.1) is 0 Å². The Hall–Kier alpha value is -2.43. The molecule has 0 aliphatic heterocycles.